The molecule has 20 heavy (non-hydrogen) atoms. The predicted octanol–water partition coefficient (Wildman–Crippen LogP) is 1.36. The van der Waals surface area contributed by atoms with Crippen LogP contribution in [0.15, 0.2) is 12.4 Å². The van der Waals surface area contributed by atoms with Crippen LogP contribution >= 0.6 is 0 Å². The molecular weight excluding hydrogens is 252 g/mol. The summed E-state index contributed by atoms with van der Waals surface area (Å²) in [5.74, 6) is 0.175. The summed E-state index contributed by atoms with van der Waals surface area (Å²) < 4.78 is 1.97. The number of rotatable bonds is 6. The molecule has 2 aliphatic carbocycles. The molecule has 1 amide bonds. The van der Waals surface area contributed by atoms with Crippen LogP contribution in [0.1, 0.15) is 44.1 Å². The second-order valence-corrected chi connectivity index (χ2v) is 6.41. The van der Waals surface area contributed by atoms with Crippen LogP contribution in [-0.4, -0.2) is 27.3 Å². The number of hydrogen-bond donors (Lipinski definition) is 2. The molecule has 1 aromatic heterocycles. The molecular formula is C15H24N4O. The number of aromatic nitrogens is 2. The van der Waals surface area contributed by atoms with Gasteiger partial charge in [-0.05, 0) is 50.5 Å². The Labute approximate surface area is 119 Å². The third kappa shape index (κ3) is 2.59. The standard InChI is InChI=1S/C15H24N4O/c1-11-9-17-19(10-11)8-6-12-3-2-7-15(12,14(16)20)18-13-4-5-13/h9-10,12-13,18H,2-8H2,1H3,(H2,16,20). The number of carbonyl (C=O) groups is 1. The van der Waals surface area contributed by atoms with Gasteiger partial charge in [-0.1, -0.05) is 6.42 Å². The predicted molar refractivity (Wildman–Crippen MR) is 77.0 cm³/mol. The molecule has 3 N–H and O–H groups in total. The highest BCUT2D eigenvalue weighted by atomic mass is 16.1. The molecule has 1 heterocycles. The van der Waals surface area contributed by atoms with E-state index in [1.807, 2.05) is 17.8 Å². The first-order chi connectivity index (χ1) is 9.60. The number of primary amides is 1. The third-order valence-corrected chi connectivity index (χ3v) is 4.77. The quantitative estimate of drug-likeness (QED) is 0.824. The molecule has 5 nitrogen and oxygen atoms in total. The Hall–Kier alpha value is -1.36. The van der Waals surface area contributed by atoms with Crippen LogP contribution < -0.4 is 11.1 Å². The summed E-state index contributed by atoms with van der Waals surface area (Å²) in [5, 5.41) is 7.88. The summed E-state index contributed by atoms with van der Waals surface area (Å²) in [6.07, 6.45) is 10.3. The average molecular weight is 276 g/mol. The van der Waals surface area contributed by atoms with E-state index in [0.717, 1.165) is 32.2 Å². The normalized spacial score (nSPS) is 29.8. The van der Waals surface area contributed by atoms with Crippen LogP contribution in [0.2, 0.25) is 0 Å². The van der Waals surface area contributed by atoms with E-state index in [0.29, 0.717) is 12.0 Å². The molecule has 1 aromatic rings. The Morgan fingerprint density at radius 2 is 2.35 bits per heavy atom. The first-order valence-electron chi connectivity index (χ1n) is 7.67. The molecule has 3 rings (SSSR count). The van der Waals surface area contributed by atoms with Crippen molar-refractivity contribution in [3.63, 3.8) is 0 Å². The molecule has 2 fully saturated rings. The molecule has 110 valence electrons. The fraction of sp³-hybridized carbons (Fsp3) is 0.733. The molecule has 0 aromatic carbocycles. The monoisotopic (exact) mass is 276 g/mol. The van der Waals surface area contributed by atoms with E-state index in [-0.39, 0.29) is 5.91 Å². The van der Waals surface area contributed by atoms with Crippen LogP contribution in [0, 0.1) is 12.8 Å². The summed E-state index contributed by atoms with van der Waals surface area (Å²) >= 11 is 0. The lowest BCUT2D eigenvalue weighted by molar-refractivity contribution is -0.126. The van der Waals surface area contributed by atoms with E-state index in [1.54, 1.807) is 0 Å². The molecule has 0 aliphatic heterocycles. The van der Waals surface area contributed by atoms with Crippen LogP contribution in [-0.2, 0) is 11.3 Å². The van der Waals surface area contributed by atoms with Gasteiger partial charge < -0.3 is 11.1 Å². The number of carbonyl (C=O) groups excluding carboxylic acids is 1. The average Bonchev–Trinajstić information content (AvgIpc) is 2.95. The highest BCUT2D eigenvalue weighted by molar-refractivity contribution is 5.85. The summed E-state index contributed by atoms with van der Waals surface area (Å²) in [6, 6.07) is 0.509. The summed E-state index contributed by atoms with van der Waals surface area (Å²) in [4.78, 5) is 12.0. The number of hydrogen-bond acceptors (Lipinski definition) is 3. The van der Waals surface area contributed by atoms with Gasteiger partial charge in [0.15, 0.2) is 0 Å². The Morgan fingerprint density at radius 1 is 1.55 bits per heavy atom. The minimum absolute atomic E-state index is 0.163. The van der Waals surface area contributed by atoms with Gasteiger partial charge in [-0.2, -0.15) is 5.10 Å². The van der Waals surface area contributed by atoms with Gasteiger partial charge in [0.25, 0.3) is 0 Å². The van der Waals surface area contributed by atoms with Crippen molar-refractivity contribution in [2.24, 2.45) is 11.7 Å². The largest absolute Gasteiger partial charge is 0.368 e. The molecule has 2 aliphatic rings. The number of nitrogens with two attached hydrogens (primary N) is 1. The number of aryl methyl sites for hydroxylation is 2. The van der Waals surface area contributed by atoms with Gasteiger partial charge >= 0.3 is 0 Å². The maximum atomic E-state index is 12.0. The van der Waals surface area contributed by atoms with Crippen molar-refractivity contribution in [2.45, 2.75) is 63.6 Å². The molecule has 0 radical (unpaired) electrons. The topological polar surface area (TPSA) is 72.9 Å². The van der Waals surface area contributed by atoms with E-state index in [4.69, 9.17) is 5.73 Å². The SMILES string of the molecule is Cc1cnn(CCC2CCCC2(NC2CC2)C(N)=O)c1. The van der Waals surface area contributed by atoms with Gasteiger partial charge in [0.1, 0.15) is 5.54 Å². The smallest absolute Gasteiger partial charge is 0.238 e. The van der Waals surface area contributed by atoms with Crippen LogP contribution in [0.4, 0.5) is 0 Å². The zero-order valence-electron chi connectivity index (χ0n) is 12.1. The number of amides is 1. The van der Waals surface area contributed by atoms with Crippen molar-refractivity contribution in [3.8, 4) is 0 Å². The molecule has 2 saturated carbocycles. The summed E-state index contributed by atoms with van der Waals surface area (Å²) in [6.45, 7) is 2.90. The molecule has 0 bridgehead atoms. The minimum Gasteiger partial charge on any atom is -0.368 e. The van der Waals surface area contributed by atoms with Gasteiger partial charge in [-0.3, -0.25) is 9.48 Å². The van der Waals surface area contributed by atoms with Gasteiger partial charge in [-0.25, -0.2) is 0 Å². The second kappa shape index (κ2) is 5.20. The van der Waals surface area contributed by atoms with Crippen molar-refractivity contribution < 1.29 is 4.79 Å². The Morgan fingerprint density at radius 3 is 2.95 bits per heavy atom. The Balaban J connectivity index is 1.67. The van der Waals surface area contributed by atoms with Crippen LogP contribution in [0.5, 0.6) is 0 Å². The lowest BCUT2D eigenvalue weighted by atomic mass is 9.83. The van der Waals surface area contributed by atoms with Gasteiger partial charge in [0.2, 0.25) is 5.91 Å². The van der Waals surface area contributed by atoms with Crippen molar-refractivity contribution >= 4 is 5.91 Å². The molecule has 0 saturated heterocycles. The van der Waals surface area contributed by atoms with E-state index >= 15 is 0 Å². The fourth-order valence-electron chi connectivity index (χ4n) is 3.52. The number of nitrogens with one attached hydrogen (secondary N) is 1. The summed E-state index contributed by atoms with van der Waals surface area (Å²) in [5.41, 5.74) is 6.45. The Bertz CT molecular complexity index is 494. The molecule has 5 heteroatoms. The van der Waals surface area contributed by atoms with Crippen molar-refractivity contribution in [1.82, 2.24) is 15.1 Å². The third-order valence-electron chi connectivity index (χ3n) is 4.77. The Kier molecular flexibility index (Phi) is 3.54. The maximum absolute atomic E-state index is 12.0. The van der Waals surface area contributed by atoms with E-state index in [9.17, 15) is 4.79 Å². The van der Waals surface area contributed by atoms with Crippen molar-refractivity contribution in [3.05, 3.63) is 18.0 Å². The lowest BCUT2D eigenvalue weighted by Crippen LogP contribution is -2.58. The fourth-order valence-corrected chi connectivity index (χ4v) is 3.52. The molecule has 0 spiro atoms. The minimum atomic E-state index is -0.469. The first-order valence-corrected chi connectivity index (χ1v) is 7.67. The van der Waals surface area contributed by atoms with E-state index in [1.165, 1.54) is 18.4 Å². The van der Waals surface area contributed by atoms with Crippen LogP contribution in [0.3, 0.4) is 0 Å². The van der Waals surface area contributed by atoms with Gasteiger partial charge in [0.05, 0.1) is 6.20 Å². The van der Waals surface area contributed by atoms with Crippen molar-refractivity contribution in [1.29, 1.82) is 0 Å². The summed E-state index contributed by atoms with van der Waals surface area (Å²) in [7, 11) is 0. The molecule has 2 unspecified atom stereocenters. The van der Waals surface area contributed by atoms with Gasteiger partial charge in [0, 0.05) is 18.8 Å². The molecule has 2 atom stereocenters. The van der Waals surface area contributed by atoms with Gasteiger partial charge in [-0.15, -0.1) is 0 Å². The van der Waals surface area contributed by atoms with Crippen molar-refractivity contribution in [2.75, 3.05) is 0 Å². The highest BCUT2D eigenvalue weighted by Crippen LogP contribution is 2.40. The lowest BCUT2D eigenvalue weighted by Gasteiger charge is -2.34. The zero-order valence-corrected chi connectivity index (χ0v) is 12.1. The van der Waals surface area contributed by atoms with E-state index < -0.39 is 5.54 Å². The number of nitrogens with zero attached hydrogens (tertiary/aromatic N) is 2. The zero-order chi connectivity index (χ0) is 14.2. The van der Waals surface area contributed by atoms with Crippen LogP contribution in [0.25, 0.3) is 0 Å². The first kappa shape index (κ1) is 13.6. The highest BCUT2D eigenvalue weighted by Gasteiger charge is 2.49. The maximum Gasteiger partial charge on any atom is 0.238 e. The second-order valence-electron chi connectivity index (χ2n) is 6.41. The van der Waals surface area contributed by atoms with E-state index in [2.05, 4.69) is 16.6 Å².